The molecule has 2 aliphatic rings. The predicted octanol–water partition coefficient (Wildman–Crippen LogP) is -0.404. The Morgan fingerprint density at radius 2 is 2.24 bits per heavy atom. The van der Waals surface area contributed by atoms with Gasteiger partial charge in [-0.3, -0.25) is 9.69 Å². The van der Waals surface area contributed by atoms with Crippen molar-refractivity contribution in [3.8, 4) is 0 Å². The van der Waals surface area contributed by atoms with Crippen molar-refractivity contribution in [1.29, 1.82) is 0 Å². The van der Waals surface area contributed by atoms with E-state index in [2.05, 4.69) is 0 Å². The van der Waals surface area contributed by atoms with Gasteiger partial charge >= 0.3 is 5.97 Å². The molecule has 2 aliphatic heterocycles. The molecule has 0 spiro atoms. The van der Waals surface area contributed by atoms with Crippen LogP contribution in [-0.2, 0) is 14.3 Å². The summed E-state index contributed by atoms with van der Waals surface area (Å²) in [6, 6.07) is -1.03. The van der Waals surface area contributed by atoms with E-state index in [0.29, 0.717) is 26.4 Å². The third-order valence-electron chi connectivity index (χ3n) is 3.36. The van der Waals surface area contributed by atoms with Crippen LogP contribution in [0.3, 0.4) is 0 Å². The van der Waals surface area contributed by atoms with Crippen molar-refractivity contribution < 1.29 is 19.4 Å². The van der Waals surface area contributed by atoms with Gasteiger partial charge in [0, 0.05) is 6.54 Å². The number of carboxylic acids is 1. The number of amides is 1. The monoisotopic (exact) mass is 242 g/mol. The number of aliphatic carboxylic acids is 1. The minimum absolute atomic E-state index is 0.0984. The number of rotatable bonds is 3. The van der Waals surface area contributed by atoms with Crippen molar-refractivity contribution in [2.45, 2.75) is 25.9 Å². The molecular weight excluding hydrogens is 224 g/mol. The molecule has 2 atom stereocenters. The molecule has 0 aromatic rings. The van der Waals surface area contributed by atoms with Gasteiger partial charge in [0.2, 0.25) is 5.91 Å². The maximum atomic E-state index is 12.1. The quantitative estimate of drug-likeness (QED) is 0.729. The van der Waals surface area contributed by atoms with Crippen molar-refractivity contribution in [2.75, 3.05) is 26.4 Å². The summed E-state index contributed by atoms with van der Waals surface area (Å²) in [5.74, 6) is -1.15. The molecular formula is C11H18N2O4. The van der Waals surface area contributed by atoms with Crippen molar-refractivity contribution in [2.24, 2.45) is 5.92 Å². The first-order chi connectivity index (χ1) is 8.02. The lowest BCUT2D eigenvalue weighted by molar-refractivity contribution is -0.150. The second kappa shape index (κ2) is 4.62. The van der Waals surface area contributed by atoms with Crippen LogP contribution < -0.4 is 0 Å². The molecule has 2 saturated heterocycles. The molecule has 0 bridgehead atoms. The van der Waals surface area contributed by atoms with E-state index >= 15 is 0 Å². The van der Waals surface area contributed by atoms with Gasteiger partial charge in [-0.15, -0.1) is 0 Å². The van der Waals surface area contributed by atoms with Gasteiger partial charge in [0.25, 0.3) is 0 Å². The Balaban J connectivity index is 2.16. The van der Waals surface area contributed by atoms with E-state index in [9.17, 15) is 14.7 Å². The Morgan fingerprint density at radius 3 is 2.76 bits per heavy atom. The molecule has 0 radical (unpaired) electrons. The van der Waals surface area contributed by atoms with E-state index in [-0.39, 0.29) is 17.9 Å². The fourth-order valence-electron chi connectivity index (χ4n) is 2.49. The molecule has 2 rings (SSSR count). The van der Waals surface area contributed by atoms with E-state index in [4.69, 9.17) is 4.74 Å². The third kappa shape index (κ3) is 2.14. The average Bonchev–Trinajstić information content (AvgIpc) is 2.56. The summed E-state index contributed by atoms with van der Waals surface area (Å²) < 4.78 is 5.27. The number of ether oxygens (including phenoxy) is 1. The van der Waals surface area contributed by atoms with Crippen LogP contribution in [0, 0.1) is 5.92 Å². The van der Waals surface area contributed by atoms with Crippen LogP contribution in [0.2, 0.25) is 0 Å². The zero-order valence-corrected chi connectivity index (χ0v) is 10.1. The van der Waals surface area contributed by atoms with Crippen LogP contribution in [0.15, 0.2) is 0 Å². The van der Waals surface area contributed by atoms with Crippen molar-refractivity contribution in [3.05, 3.63) is 0 Å². The van der Waals surface area contributed by atoms with Crippen LogP contribution in [0.4, 0.5) is 0 Å². The topological polar surface area (TPSA) is 70.1 Å². The molecule has 1 amide bonds. The average molecular weight is 242 g/mol. The van der Waals surface area contributed by atoms with E-state index in [1.165, 1.54) is 4.90 Å². The number of nitrogens with zero attached hydrogens (tertiary/aromatic N) is 2. The van der Waals surface area contributed by atoms with Gasteiger partial charge in [-0.25, -0.2) is 4.79 Å². The maximum Gasteiger partial charge on any atom is 0.326 e. The normalized spacial score (nSPS) is 27.4. The summed E-state index contributed by atoms with van der Waals surface area (Å²) in [5.41, 5.74) is 0. The molecule has 6 heteroatoms. The van der Waals surface area contributed by atoms with Gasteiger partial charge in [0.1, 0.15) is 12.1 Å². The molecule has 6 nitrogen and oxygen atoms in total. The SMILES string of the molecule is CC(C)C(C(=O)O)N1CN2CCOCC2C1=O. The van der Waals surface area contributed by atoms with Gasteiger partial charge < -0.3 is 14.7 Å². The summed E-state index contributed by atoms with van der Waals surface area (Å²) >= 11 is 0. The maximum absolute atomic E-state index is 12.1. The van der Waals surface area contributed by atoms with Gasteiger partial charge in [0.15, 0.2) is 0 Å². The number of carbonyl (C=O) groups is 2. The highest BCUT2D eigenvalue weighted by Crippen LogP contribution is 2.23. The predicted molar refractivity (Wildman–Crippen MR) is 59.3 cm³/mol. The lowest BCUT2D eigenvalue weighted by Gasteiger charge is -2.27. The van der Waals surface area contributed by atoms with Crippen LogP contribution in [0.1, 0.15) is 13.8 Å². The van der Waals surface area contributed by atoms with Crippen molar-refractivity contribution in [3.63, 3.8) is 0 Å². The molecule has 17 heavy (non-hydrogen) atoms. The first kappa shape index (κ1) is 12.3. The zero-order valence-electron chi connectivity index (χ0n) is 10.1. The number of morpholine rings is 1. The third-order valence-corrected chi connectivity index (χ3v) is 3.36. The zero-order chi connectivity index (χ0) is 12.6. The second-order valence-electron chi connectivity index (χ2n) is 4.88. The van der Waals surface area contributed by atoms with Gasteiger partial charge in [-0.05, 0) is 5.92 Å². The number of hydrogen-bond donors (Lipinski definition) is 1. The minimum atomic E-state index is -0.936. The lowest BCUT2D eigenvalue weighted by Crippen LogP contribution is -2.47. The van der Waals surface area contributed by atoms with Gasteiger partial charge in [-0.2, -0.15) is 0 Å². The first-order valence-corrected chi connectivity index (χ1v) is 5.87. The first-order valence-electron chi connectivity index (χ1n) is 5.87. The molecule has 2 unspecified atom stereocenters. The fourth-order valence-corrected chi connectivity index (χ4v) is 2.49. The van der Waals surface area contributed by atoms with Gasteiger partial charge in [-0.1, -0.05) is 13.8 Å². The van der Waals surface area contributed by atoms with E-state index in [0.717, 1.165) is 0 Å². The van der Waals surface area contributed by atoms with Gasteiger partial charge in [0.05, 0.1) is 19.9 Å². The summed E-state index contributed by atoms with van der Waals surface area (Å²) in [7, 11) is 0. The Morgan fingerprint density at radius 1 is 1.53 bits per heavy atom. The van der Waals surface area contributed by atoms with E-state index in [1.807, 2.05) is 18.7 Å². The number of carboxylic acid groups (broad SMARTS) is 1. The molecule has 0 aromatic carbocycles. The smallest absolute Gasteiger partial charge is 0.326 e. The van der Waals surface area contributed by atoms with Crippen LogP contribution >= 0.6 is 0 Å². The Kier molecular flexibility index (Phi) is 3.35. The highest BCUT2D eigenvalue weighted by molar-refractivity contribution is 5.88. The Bertz CT molecular complexity index is 331. The largest absolute Gasteiger partial charge is 0.480 e. The second-order valence-corrected chi connectivity index (χ2v) is 4.88. The molecule has 0 aliphatic carbocycles. The fraction of sp³-hybridized carbons (Fsp3) is 0.818. The molecule has 2 heterocycles. The van der Waals surface area contributed by atoms with E-state index < -0.39 is 12.0 Å². The summed E-state index contributed by atoms with van der Waals surface area (Å²) in [6.45, 7) is 5.72. The van der Waals surface area contributed by atoms with E-state index in [1.54, 1.807) is 0 Å². The summed E-state index contributed by atoms with van der Waals surface area (Å²) in [5, 5.41) is 9.21. The molecule has 96 valence electrons. The molecule has 2 fully saturated rings. The minimum Gasteiger partial charge on any atom is -0.480 e. The number of hydrogen-bond acceptors (Lipinski definition) is 4. The highest BCUT2D eigenvalue weighted by atomic mass is 16.5. The van der Waals surface area contributed by atoms with Crippen molar-refractivity contribution in [1.82, 2.24) is 9.80 Å². The highest BCUT2D eigenvalue weighted by Gasteiger charge is 2.45. The molecule has 0 aromatic heterocycles. The van der Waals surface area contributed by atoms with Crippen LogP contribution in [-0.4, -0.2) is 65.3 Å². The Labute approximate surface area is 100 Å². The summed E-state index contributed by atoms with van der Waals surface area (Å²) in [4.78, 5) is 26.8. The molecule has 0 saturated carbocycles. The standard InChI is InChI=1S/C11H18N2O4/c1-7(2)9(11(15)16)13-6-12-3-4-17-5-8(12)10(13)14/h7-9H,3-6H2,1-2H3,(H,15,16). The molecule has 1 N–H and O–H groups in total. The van der Waals surface area contributed by atoms with Crippen LogP contribution in [0.5, 0.6) is 0 Å². The van der Waals surface area contributed by atoms with Crippen LogP contribution in [0.25, 0.3) is 0 Å². The van der Waals surface area contributed by atoms with Crippen molar-refractivity contribution >= 4 is 11.9 Å². The summed E-state index contributed by atoms with van der Waals surface area (Å²) in [6.07, 6.45) is 0. The number of fused-ring (bicyclic) bond motifs is 1. The number of carbonyl (C=O) groups excluding carboxylic acids is 1. The Hall–Kier alpha value is -1.14. The lowest BCUT2D eigenvalue weighted by atomic mass is 10.0.